The predicted octanol–water partition coefficient (Wildman–Crippen LogP) is 1.72. The number of aromatic nitrogens is 3. The highest BCUT2D eigenvalue weighted by molar-refractivity contribution is 7.84. The molecule has 0 bridgehead atoms. The fourth-order valence-electron chi connectivity index (χ4n) is 4.03. The Morgan fingerprint density at radius 3 is 2.87 bits per heavy atom. The third kappa shape index (κ3) is 4.31. The van der Waals surface area contributed by atoms with Crippen molar-refractivity contribution in [1.82, 2.24) is 14.6 Å². The molecular weight excluding hydrogens is 406 g/mol. The second-order valence-corrected chi connectivity index (χ2v) is 9.09. The fraction of sp³-hybridized carbons (Fsp3) is 0.400. The minimum Gasteiger partial charge on any atom is -0.392 e. The zero-order valence-corrected chi connectivity index (χ0v) is 17.6. The van der Waals surface area contributed by atoms with Gasteiger partial charge in [-0.1, -0.05) is 30.7 Å². The van der Waals surface area contributed by atoms with E-state index in [1.807, 2.05) is 44.2 Å². The van der Waals surface area contributed by atoms with Crippen molar-refractivity contribution in [3.63, 3.8) is 0 Å². The number of nitrogens with zero attached hydrogens (tertiary/aromatic N) is 3. The number of benzene rings is 1. The van der Waals surface area contributed by atoms with Gasteiger partial charge in [0, 0.05) is 35.7 Å². The molecule has 1 fully saturated rings. The minimum atomic E-state index is -4.04. The highest BCUT2D eigenvalue weighted by atomic mass is 32.2. The van der Waals surface area contributed by atoms with E-state index in [4.69, 9.17) is 14.4 Å². The fourth-order valence-corrected chi connectivity index (χ4v) is 4.39. The van der Waals surface area contributed by atoms with Crippen molar-refractivity contribution in [3.8, 4) is 11.3 Å². The summed E-state index contributed by atoms with van der Waals surface area (Å²) in [4.78, 5) is 4.40. The molecule has 0 radical (unpaired) electrons. The van der Waals surface area contributed by atoms with Gasteiger partial charge in [0.1, 0.15) is 5.82 Å². The van der Waals surface area contributed by atoms with Gasteiger partial charge in [-0.2, -0.15) is 18.0 Å². The van der Waals surface area contributed by atoms with E-state index in [-0.39, 0.29) is 24.5 Å². The van der Waals surface area contributed by atoms with Gasteiger partial charge in [0.25, 0.3) is 0 Å². The van der Waals surface area contributed by atoms with Gasteiger partial charge in [-0.15, -0.1) is 0 Å². The molecular formula is C20H25N5O4S. The monoisotopic (exact) mass is 431 g/mol. The molecule has 4 atom stereocenters. The number of aliphatic hydroxyl groups is 1. The third-order valence-electron chi connectivity index (χ3n) is 5.66. The van der Waals surface area contributed by atoms with Crippen LogP contribution in [0.3, 0.4) is 0 Å². The second kappa shape index (κ2) is 7.95. The molecule has 1 aromatic carbocycles. The van der Waals surface area contributed by atoms with Gasteiger partial charge >= 0.3 is 10.3 Å². The molecule has 0 spiro atoms. The maximum Gasteiger partial charge on any atom is 0.333 e. The zero-order chi connectivity index (χ0) is 21.5. The lowest BCUT2D eigenvalue weighted by Gasteiger charge is -2.20. The highest BCUT2D eigenvalue weighted by Crippen LogP contribution is 2.34. The van der Waals surface area contributed by atoms with E-state index in [0.717, 1.165) is 22.6 Å². The van der Waals surface area contributed by atoms with Crippen LogP contribution >= 0.6 is 0 Å². The molecule has 4 N–H and O–H groups in total. The molecule has 0 saturated heterocycles. The molecule has 30 heavy (non-hydrogen) atoms. The Morgan fingerprint density at radius 2 is 2.13 bits per heavy atom. The van der Waals surface area contributed by atoms with Crippen LogP contribution in [0, 0.1) is 18.8 Å². The molecule has 1 saturated carbocycles. The maximum absolute atomic E-state index is 11.1. The molecule has 2 aromatic heterocycles. The van der Waals surface area contributed by atoms with Crippen molar-refractivity contribution in [2.75, 3.05) is 11.9 Å². The van der Waals surface area contributed by atoms with E-state index in [1.54, 1.807) is 10.7 Å². The van der Waals surface area contributed by atoms with Gasteiger partial charge in [0.2, 0.25) is 0 Å². The summed E-state index contributed by atoms with van der Waals surface area (Å²) in [5.74, 6) is 0.290. The van der Waals surface area contributed by atoms with Crippen LogP contribution in [0.25, 0.3) is 16.9 Å². The Labute approximate surface area is 175 Å². The molecule has 0 amide bonds. The summed E-state index contributed by atoms with van der Waals surface area (Å²) in [6, 6.07) is 11.8. The Hall–Kier alpha value is -2.53. The molecule has 1 aliphatic rings. The van der Waals surface area contributed by atoms with E-state index < -0.39 is 16.4 Å². The van der Waals surface area contributed by atoms with E-state index >= 15 is 0 Å². The van der Waals surface area contributed by atoms with Crippen LogP contribution in [0.15, 0.2) is 42.6 Å². The molecule has 1 aliphatic carbocycles. The SMILES string of the molecule is Cc1cccc(-c2cc3nccc(N[C@@H]4C[C@H](COS(N)(=O)=O)[C@@H](O)[C@H]4C)n3n2)c1. The standard InChI is InChI=1S/C20H25N5O4S/c1-12-4-3-5-14(8-12)17-10-19-22-7-6-18(25(19)24-17)23-16-9-15(20(26)13(16)2)11-29-30(21,27)28/h3-8,10,13,15-16,20,23,26H,9,11H2,1-2H3,(H2,21,27,28)/t13-,15+,16+,20-/m0/s1. The largest absolute Gasteiger partial charge is 0.392 e. The van der Waals surface area contributed by atoms with Crippen LogP contribution < -0.4 is 10.5 Å². The van der Waals surface area contributed by atoms with Crippen molar-refractivity contribution in [2.45, 2.75) is 32.4 Å². The van der Waals surface area contributed by atoms with Crippen molar-refractivity contribution >= 4 is 21.8 Å². The van der Waals surface area contributed by atoms with E-state index in [0.29, 0.717) is 12.1 Å². The van der Waals surface area contributed by atoms with Crippen molar-refractivity contribution in [2.24, 2.45) is 17.0 Å². The Balaban J connectivity index is 1.56. The molecule has 4 rings (SSSR count). The third-order valence-corrected chi connectivity index (χ3v) is 6.13. The quantitative estimate of drug-likeness (QED) is 0.541. The van der Waals surface area contributed by atoms with Gasteiger partial charge in [-0.3, -0.25) is 4.18 Å². The first-order valence-electron chi connectivity index (χ1n) is 9.75. The second-order valence-electron chi connectivity index (χ2n) is 7.87. The highest BCUT2D eigenvalue weighted by Gasteiger charge is 2.40. The molecule has 2 heterocycles. The first kappa shape index (κ1) is 20.7. The van der Waals surface area contributed by atoms with E-state index in [1.165, 1.54) is 0 Å². The number of fused-ring (bicyclic) bond motifs is 1. The van der Waals surface area contributed by atoms with Crippen LogP contribution in [-0.2, 0) is 14.5 Å². The Kier molecular flexibility index (Phi) is 5.49. The number of nitrogens with one attached hydrogen (secondary N) is 1. The Bertz CT molecular complexity index is 1160. The maximum atomic E-state index is 11.1. The number of rotatable bonds is 6. The molecule has 160 valence electrons. The van der Waals surface area contributed by atoms with Crippen LogP contribution in [-0.4, -0.2) is 46.9 Å². The molecule has 0 unspecified atom stereocenters. The summed E-state index contributed by atoms with van der Waals surface area (Å²) in [6.07, 6.45) is 1.53. The molecule has 3 aromatic rings. The van der Waals surface area contributed by atoms with Crippen LogP contribution in [0.1, 0.15) is 18.9 Å². The topological polar surface area (TPSA) is 132 Å². The van der Waals surface area contributed by atoms with Crippen molar-refractivity contribution in [1.29, 1.82) is 0 Å². The number of hydrogen-bond donors (Lipinski definition) is 3. The van der Waals surface area contributed by atoms with E-state index in [2.05, 4.69) is 16.4 Å². The smallest absolute Gasteiger partial charge is 0.333 e. The number of aliphatic hydroxyl groups excluding tert-OH is 1. The summed E-state index contributed by atoms with van der Waals surface area (Å²) in [5, 5.41) is 23.6. The summed E-state index contributed by atoms with van der Waals surface area (Å²) < 4.78 is 28.6. The van der Waals surface area contributed by atoms with Crippen molar-refractivity contribution < 1.29 is 17.7 Å². The van der Waals surface area contributed by atoms with Gasteiger partial charge in [-0.25, -0.2) is 10.1 Å². The lowest BCUT2D eigenvalue weighted by molar-refractivity contribution is 0.0731. The lowest BCUT2D eigenvalue weighted by atomic mass is 10.0. The molecule has 0 aliphatic heterocycles. The summed E-state index contributed by atoms with van der Waals surface area (Å²) >= 11 is 0. The van der Waals surface area contributed by atoms with Crippen LogP contribution in [0.2, 0.25) is 0 Å². The Morgan fingerprint density at radius 1 is 1.33 bits per heavy atom. The number of aryl methyl sites for hydroxylation is 1. The summed E-state index contributed by atoms with van der Waals surface area (Å²) in [5.41, 5.74) is 3.69. The van der Waals surface area contributed by atoms with Gasteiger partial charge in [0.05, 0.1) is 18.4 Å². The number of hydrogen-bond acceptors (Lipinski definition) is 7. The molecule has 9 nitrogen and oxygen atoms in total. The van der Waals surface area contributed by atoms with E-state index in [9.17, 15) is 13.5 Å². The van der Waals surface area contributed by atoms with Gasteiger partial charge in [-0.05, 0) is 25.5 Å². The number of nitrogens with two attached hydrogens (primary N) is 1. The van der Waals surface area contributed by atoms with Crippen molar-refractivity contribution in [3.05, 3.63) is 48.2 Å². The first-order valence-corrected chi connectivity index (χ1v) is 11.2. The zero-order valence-electron chi connectivity index (χ0n) is 16.8. The summed E-state index contributed by atoms with van der Waals surface area (Å²) in [7, 11) is -4.04. The average molecular weight is 432 g/mol. The van der Waals surface area contributed by atoms with Crippen LogP contribution in [0.5, 0.6) is 0 Å². The average Bonchev–Trinajstić information content (AvgIpc) is 3.24. The normalized spacial score (nSPS) is 24.4. The summed E-state index contributed by atoms with van der Waals surface area (Å²) in [6.45, 7) is 3.81. The van der Waals surface area contributed by atoms with Crippen LogP contribution in [0.4, 0.5) is 5.82 Å². The number of anilines is 1. The van der Waals surface area contributed by atoms with Gasteiger partial charge in [0.15, 0.2) is 5.65 Å². The predicted molar refractivity (Wildman–Crippen MR) is 113 cm³/mol. The first-order chi connectivity index (χ1) is 14.2. The lowest BCUT2D eigenvalue weighted by Crippen LogP contribution is -2.29. The molecule has 10 heteroatoms. The van der Waals surface area contributed by atoms with Gasteiger partial charge < -0.3 is 10.4 Å². The minimum absolute atomic E-state index is 0.0914.